The van der Waals surface area contributed by atoms with Crippen molar-refractivity contribution in [3.05, 3.63) is 47.5 Å². The number of carbonyl (C=O) groups excluding carboxylic acids is 1. The molecule has 0 aliphatic carbocycles. The van der Waals surface area contributed by atoms with Crippen LogP contribution >= 0.6 is 11.6 Å². The van der Waals surface area contributed by atoms with E-state index in [0.29, 0.717) is 16.4 Å². The Labute approximate surface area is 117 Å². The second kappa shape index (κ2) is 5.10. The Bertz CT molecular complexity index is 723. The number of hydrogen-bond donors (Lipinski definition) is 2. The maximum absolute atomic E-state index is 11.9. The molecule has 3 aromatic rings. The van der Waals surface area contributed by atoms with Crippen LogP contribution in [0.4, 0.5) is 5.69 Å². The van der Waals surface area contributed by atoms with Gasteiger partial charge in [0.15, 0.2) is 0 Å². The number of nitrogens with one attached hydrogen (secondary N) is 2. The van der Waals surface area contributed by atoms with Crippen LogP contribution in [-0.2, 0) is 0 Å². The topological polar surface area (TPSA) is 101 Å². The molecule has 8 nitrogen and oxygen atoms in total. The van der Waals surface area contributed by atoms with E-state index in [1.54, 1.807) is 41.3 Å². The fraction of sp³-hybridized carbons (Fsp3) is 0. The molecule has 0 atom stereocenters. The molecule has 9 heteroatoms. The maximum atomic E-state index is 11.9. The van der Waals surface area contributed by atoms with Gasteiger partial charge in [-0.25, -0.2) is 4.68 Å². The van der Waals surface area contributed by atoms with Crippen LogP contribution in [0.5, 0.6) is 0 Å². The molecule has 1 aromatic carbocycles. The first kappa shape index (κ1) is 12.3. The largest absolute Gasteiger partial charge is 0.317 e. The first-order valence-corrected chi connectivity index (χ1v) is 5.97. The summed E-state index contributed by atoms with van der Waals surface area (Å²) in [6, 6.07) is 6.90. The summed E-state index contributed by atoms with van der Waals surface area (Å²) in [5.41, 5.74) is 1.06. The van der Waals surface area contributed by atoms with Gasteiger partial charge in [0.2, 0.25) is 0 Å². The van der Waals surface area contributed by atoms with Gasteiger partial charge in [-0.1, -0.05) is 17.7 Å². The van der Waals surface area contributed by atoms with Crippen molar-refractivity contribution in [1.82, 2.24) is 30.4 Å². The molecule has 0 unspecified atom stereocenters. The molecule has 0 aliphatic rings. The number of carbonyl (C=O) groups is 1. The van der Waals surface area contributed by atoms with Gasteiger partial charge in [-0.3, -0.25) is 4.79 Å². The highest BCUT2D eigenvalue weighted by Crippen LogP contribution is 2.28. The molecule has 2 aromatic heterocycles. The third-order valence-corrected chi connectivity index (χ3v) is 2.82. The van der Waals surface area contributed by atoms with E-state index in [4.69, 9.17) is 11.6 Å². The van der Waals surface area contributed by atoms with Crippen LogP contribution in [0.25, 0.3) is 5.69 Å². The predicted molar refractivity (Wildman–Crippen MR) is 70.7 cm³/mol. The number of H-pyrrole nitrogens is 1. The zero-order valence-corrected chi connectivity index (χ0v) is 10.7. The zero-order valence-electron chi connectivity index (χ0n) is 9.99. The Kier molecular flexibility index (Phi) is 3.13. The third kappa shape index (κ3) is 2.24. The Morgan fingerprint density at radius 3 is 2.95 bits per heavy atom. The molecule has 100 valence electrons. The average Bonchev–Trinajstić information content (AvgIpc) is 3.12. The summed E-state index contributed by atoms with van der Waals surface area (Å²) in [5.74, 6) is -0.550. The van der Waals surface area contributed by atoms with Gasteiger partial charge in [-0.2, -0.15) is 10.3 Å². The van der Waals surface area contributed by atoms with E-state index in [2.05, 4.69) is 31.0 Å². The fourth-order valence-electron chi connectivity index (χ4n) is 1.69. The zero-order chi connectivity index (χ0) is 13.9. The normalized spacial score (nSPS) is 10.4. The average molecular weight is 290 g/mol. The van der Waals surface area contributed by atoms with Crippen LogP contribution in [0.2, 0.25) is 5.02 Å². The van der Waals surface area contributed by atoms with E-state index < -0.39 is 5.91 Å². The van der Waals surface area contributed by atoms with Crippen molar-refractivity contribution in [2.45, 2.75) is 0 Å². The lowest BCUT2D eigenvalue weighted by atomic mass is 10.2. The monoisotopic (exact) mass is 289 g/mol. The molecule has 2 N–H and O–H groups in total. The lowest BCUT2D eigenvalue weighted by Gasteiger charge is -2.11. The van der Waals surface area contributed by atoms with Gasteiger partial charge in [0.1, 0.15) is 5.69 Å². The first-order chi connectivity index (χ1) is 9.75. The van der Waals surface area contributed by atoms with Crippen molar-refractivity contribution in [1.29, 1.82) is 0 Å². The molecular formula is C11H8ClN7O. The molecule has 0 radical (unpaired) electrons. The van der Waals surface area contributed by atoms with Crippen molar-refractivity contribution in [3.63, 3.8) is 0 Å². The lowest BCUT2D eigenvalue weighted by molar-refractivity contribution is 0.101. The smallest absolute Gasteiger partial charge is 0.297 e. The number of hydrogen-bond acceptors (Lipinski definition) is 5. The Hall–Kier alpha value is -2.74. The van der Waals surface area contributed by atoms with E-state index in [1.165, 1.54) is 0 Å². The molecule has 3 rings (SSSR count). The molecule has 0 fully saturated rings. The third-order valence-electron chi connectivity index (χ3n) is 2.52. The van der Waals surface area contributed by atoms with Gasteiger partial charge < -0.3 is 5.32 Å². The van der Waals surface area contributed by atoms with Crippen LogP contribution in [0, 0.1) is 0 Å². The number of aromatic nitrogens is 6. The Morgan fingerprint density at radius 1 is 1.35 bits per heavy atom. The number of benzene rings is 1. The number of halogens is 1. The van der Waals surface area contributed by atoms with Gasteiger partial charge >= 0.3 is 0 Å². The number of para-hydroxylation sites is 1. The number of anilines is 1. The Balaban J connectivity index is 1.98. The van der Waals surface area contributed by atoms with Crippen LogP contribution in [0.15, 0.2) is 36.7 Å². The number of rotatable bonds is 3. The van der Waals surface area contributed by atoms with Gasteiger partial charge in [-0.15, -0.1) is 10.2 Å². The van der Waals surface area contributed by atoms with Gasteiger partial charge in [0.05, 0.1) is 10.7 Å². The standard InChI is InChI=1S/C11H8ClN7O/c12-7-3-1-4-8(9(7)19-6-2-5-13-19)14-11(20)10-15-17-18-16-10/h1-6H,(H,14,20)(H,15,16,17,18). The van der Waals surface area contributed by atoms with Crippen LogP contribution in [0.1, 0.15) is 10.6 Å². The lowest BCUT2D eigenvalue weighted by Crippen LogP contribution is -2.15. The van der Waals surface area contributed by atoms with E-state index in [1.807, 2.05) is 0 Å². The molecule has 0 saturated heterocycles. The summed E-state index contributed by atoms with van der Waals surface area (Å²) in [6.45, 7) is 0. The SMILES string of the molecule is O=C(Nc1cccc(Cl)c1-n1cccn1)c1nn[nH]n1. The molecule has 0 bridgehead atoms. The van der Waals surface area contributed by atoms with E-state index in [-0.39, 0.29) is 5.82 Å². The summed E-state index contributed by atoms with van der Waals surface area (Å²) in [6.07, 6.45) is 3.35. The molecule has 0 spiro atoms. The molecular weight excluding hydrogens is 282 g/mol. The fourth-order valence-corrected chi connectivity index (χ4v) is 1.95. The van der Waals surface area contributed by atoms with Crippen molar-refractivity contribution in [2.75, 3.05) is 5.32 Å². The van der Waals surface area contributed by atoms with Gasteiger partial charge in [0, 0.05) is 12.4 Å². The predicted octanol–water partition coefficient (Wildman–Crippen LogP) is 1.29. The quantitative estimate of drug-likeness (QED) is 0.756. The highest BCUT2D eigenvalue weighted by atomic mass is 35.5. The van der Waals surface area contributed by atoms with Crippen molar-refractivity contribution in [3.8, 4) is 5.69 Å². The maximum Gasteiger partial charge on any atom is 0.297 e. The highest BCUT2D eigenvalue weighted by Gasteiger charge is 2.15. The van der Waals surface area contributed by atoms with Gasteiger partial charge in [-0.05, 0) is 23.4 Å². The minimum Gasteiger partial charge on any atom is -0.317 e. The Morgan fingerprint density at radius 2 is 2.25 bits per heavy atom. The minimum absolute atomic E-state index is 0.0589. The summed E-state index contributed by atoms with van der Waals surface area (Å²) >= 11 is 6.17. The summed E-state index contributed by atoms with van der Waals surface area (Å²) in [4.78, 5) is 11.9. The highest BCUT2D eigenvalue weighted by molar-refractivity contribution is 6.33. The number of nitrogens with zero attached hydrogens (tertiary/aromatic N) is 5. The second-order valence-corrected chi connectivity index (χ2v) is 4.18. The summed E-state index contributed by atoms with van der Waals surface area (Å²) in [7, 11) is 0. The van der Waals surface area contributed by atoms with Crippen LogP contribution in [0.3, 0.4) is 0 Å². The number of tetrazole rings is 1. The van der Waals surface area contributed by atoms with Crippen molar-refractivity contribution in [2.24, 2.45) is 0 Å². The number of aromatic amines is 1. The molecule has 1 amide bonds. The minimum atomic E-state index is -0.491. The molecule has 0 saturated carbocycles. The van der Waals surface area contributed by atoms with Gasteiger partial charge in [0.25, 0.3) is 11.7 Å². The van der Waals surface area contributed by atoms with Crippen molar-refractivity contribution >= 4 is 23.2 Å². The molecule has 20 heavy (non-hydrogen) atoms. The van der Waals surface area contributed by atoms with Crippen LogP contribution < -0.4 is 5.32 Å². The first-order valence-electron chi connectivity index (χ1n) is 5.59. The summed E-state index contributed by atoms with van der Waals surface area (Å²) in [5, 5.41) is 20.0. The van der Waals surface area contributed by atoms with E-state index >= 15 is 0 Å². The van der Waals surface area contributed by atoms with E-state index in [0.717, 1.165) is 0 Å². The second-order valence-electron chi connectivity index (χ2n) is 3.78. The van der Waals surface area contributed by atoms with Crippen LogP contribution in [-0.4, -0.2) is 36.3 Å². The molecule has 2 heterocycles. The number of amides is 1. The van der Waals surface area contributed by atoms with E-state index in [9.17, 15) is 4.79 Å². The van der Waals surface area contributed by atoms with Crippen molar-refractivity contribution < 1.29 is 4.79 Å². The molecule has 0 aliphatic heterocycles. The summed E-state index contributed by atoms with van der Waals surface area (Å²) < 4.78 is 1.56.